The predicted molar refractivity (Wildman–Crippen MR) is 19.7 cm³/mol. The van der Waals surface area contributed by atoms with Gasteiger partial charge >= 0.3 is 51.4 Å². The molecule has 0 atom stereocenters. The van der Waals surface area contributed by atoms with Crippen molar-refractivity contribution in [1.82, 2.24) is 0 Å². The van der Waals surface area contributed by atoms with E-state index in [-0.39, 0.29) is 64.9 Å². The van der Waals surface area contributed by atoms with Crippen molar-refractivity contribution in [2.75, 3.05) is 0 Å². The van der Waals surface area contributed by atoms with Crippen LogP contribution in [0.2, 0.25) is 0 Å². The van der Waals surface area contributed by atoms with Gasteiger partial charge in [-0.3, -0.25) is 4.55 Å². The Kier molecular flexibility index (Phi) is 13.6. The van der Waals surface area contributed by atoms with Gasteiger partial charge < -0.3 is 18.0 Å². The predicted octanol–water partition coefficient (Wildman–Crippen LogP) is -3.99. The number of hydrogen-bond acceptors (Lipinski definition) is 3. The molecule has 0 aromatic heterocycles. The molecule has 0 spiro atoms. The molecule has 0 aliphatic carbocycles. The molecule has 0 aliphatic heterocycles. The van der Waals surface area contributed by atoms with Gasteiger partial charge in [0.1, 0.15) is 0 Å². The normalized spacial score (nSPS) is 8.29. The van der Waals surface area contributed by atoms with Crippen LogP contribution < -0.4 is 51.4 Å². The Morgan fingerprint density at radius 1 is 1.43 bits per heavy atom. The molecular formula is HKO4S2-2. The van der Waals surface area contributed by atoms with Gasteiger partial charge in [0.2, 0.25) is 10.4 Å². The summed E-state index contributed by atoms with van der Waals surface area (Å²) in [7, 11) is -4.92. The van der Waals surface area contributed by atoms with Crippen molar-refractivity contribution in [2.45, 2.75) is 0 Å². The van der Waals surface area contributed by atoms with E-state index in [1.807, 2.05) is 0 Å². The minimum atomic E-state index is -4.92. The van der Waals surface area contributed by atoms with Crippen molar-refractivity contribution in [3.63, 3.8) is 0 Å². The molecule has 0 aromatic rings. The van der Waals surface area contributed by atoms with Gasteiger partial charge in [-0.1, -0.05) is 0 Å². The average molecular weight is 168 g/mol. The zero-order chi connectivity index (χ0) is 4.50. The van der Waals surface area contributed by atoms with Crippen LogP contribution in [-0.4, -0.2) is 17.5 Å². The van der Waals surface area contributed by atoms with Crippen molar-refractivity contribution < 1.29 is 68.9 Å². The summed E-state index contributed by atoms with van der Waals surface area (Å²) in [5.74, 6) is 0. The standard InChI is InChI=1S/K.H2O4S.S/c;1-5(2,3)4;/h;(H2,1,2,3,4);/q+1;;-2/p-1. The molecule has 7 heteroatoms. The third-order valence-corrected chi connectivity index (χ3v) is 0. The summed E-state index contributed by atoms with van der Waals surface area (Å²) >= 11 is 0. The number of rotatable bonds is 0. The third-order valence-electron chi connectivity index (χ3n) is 0. The summed E-state index contributed by atoms with van der Waals surface area (Å²) in [6, 6.07) is 0. The van der Waals surface area contributed by atoms with Crippen LogP contribution in [0, 0.1) is 0 Å². The Hall–Kier alpha value is 1.86. The van der Waals surface area contributed by atoms with E-state index in [2.05, 4.69) is 0 Å². The summed E-state index contributed by atoms with van der Waals surface area (Å²) < 4.78 is 32.8. The van der Waals surface area contributed by atoms with E-state index >= 15 is 0 Å². The molecule has 0 amide bonds. The Bertz CT molecular complexity index is 92.9. The maximum absolute atomic E-state index is 8.63. The molecule has 0 bridgehead atoms. The first-order valence-electron chi connectivity index (χ1n) is 0.683. The second-order valence-corrected chi connectivity index (χ2v) is 1.28. The molecule has 7 heavy (non-hydrogen) atoms. The molecule has 0 heterocycles. The summed E-state index contributed by atoms with van der Waals surface area (Å²) in [5.41, 5.74) is 0. The van der Waals surface area contributed by atoms with E-state index < -0.39 is 10.4 Å². The van der Waals surface area contributed by atoms with Crippen LogP contribution >= 0.6 is 0 Å². The summed E-state index contributed by atoms with van der Waals surface area (Å²) in [6.45, 7) is 0. The monoisotopic (exact) mass is 168 g/mol. The van der Waals surface area contributed by atoms with E-state index in [4.69, 9.17) is 17.5 Å². The van der Waals surface area contributed by atoms with E-state index in [9.17, 15) is 0 Å². The molecule has 0 rings (SSSR count). The second kappa shape index (κ2) is 5.98. The van der Waals surface area contributed by atoms with Crippen molar-refractivity contribution in [2.24, 2.45) is 0 Å². The van der Waals surface area contributed by atoms with Crippen LogP contribution in [0.15, 0.2) is 0 Å². The van der Waals surface area contributed by atoms with Crippen molar-refractivity contribution >= 4 is 23.9 Å². The minimum absolute atomic E-state index is 0. The second-order valence-electron chi connectivity index (χ2n) is 0.428. The summed E-state index contributed by atoms with van der Waals surface area (Å²) in [4.78, 5) is 0. The fourth-order valence-electron chi connectivity index (χ4n) is 0. The van der Waals surface area contributed by atoms with E-state index in [1.54, 1.807) is 0 Å². The van der Waals surface area contributed by atoms with Crippen LogP contribution in [0.4, 0.5) is 0 Å². The van der Waals surface area contributed by atoms with Gasteiger partial charge in [-0.25, -0.2) is 8.42 Å². The van der Waals surface area contributed by atoms with Gasteiger partial charge in [-0.15, -0.1) is 0 Å². The van der Waals surface area contributed by atoms with Crippen LogP contribution in [0.1, 0.15) is 0 Å². The maximum Gasteiger partial charge on any atom is 1.00 e. The van der Waals surface area contributed by atoms with Gasteiger partial charge in [-0.2, -0.15) is 0 Å². The summed E-state index contributed by atoms with van der Waals surface area (Å²) in [5, 5.41) is 0. The van der Waals surface area contributed by atoms with Gasteiger partial charge in [0.25, 0.3) is 0 Å². The Balaban J connectivity index is -0.0000000800. The molecule has 1 N–H and O–H groups in total. The van der Waals surface area contributed by atoms with Gasteiger partial charge in [0.05, 0.1) is 0 Å². The summed E-state index contributed by atoms with van der Waals surface area (Å²) in [6.07, 6.45) is 0. The Morgan fingerprint density at radius 3 is 1.43 bits per heavy atom. The topological polar surface area (TPSA) is 77.4 Å². The first kappa shape index (κ1) is 15.9. The van der Waals surface area contributed by atoms with Gasteiger partial charge in [0, 0.05) is 0 Å². The molecule has 0 unspecified atom stereocenters. The molecule has 0 aliphatic rings. The van der Waals surface area contributed by atoms with Crippen molar-refractivity contribution in [3.05, 3.63) is 0 Å². The first-order valence-corrected chi connectivity index (χ1v) is 2.05. The van der Waals surface area contributed by atoms with E-state index in [0.717, 1.165) is 0 Å². The van der Waals surface area contributed by atoms with Gasteiger partial charge in [-0.05, 0) is 0 Å². The quantitative estimate of drug-likeness (QED) is 0.227. The molecule has 0 saturated carbocycles. The van der Waals surface area contributed by atoms with Crippen molar-refractivity contribution in [3.8, 4) is 0 Å². The van der Waals surface area contributed by atoms with E-state index in [0.29, 0.717) is 0 Å². The van der Waals surface area contributed by atoms with Crippen LogP contribution in [0.25, 0.3) is 0 Å². The number of hydrogen-bond donors (Lipinski definition) is 1. The van der Waals surface area contributed by atoms with Crippen LogP contribution in [0.3, 0.4) is 0 Å². The van der Waals surface area contributed by atoms with Gasteiger partial charge in [0.15, 0.2) is 0 Å². The molecule has 0 aromatic carbocycles. The fraction of sp³-hybridized carbons (Fsp3) is 0. The van der Waals surface area contributed by atoms with Crippen LogP contribution in [0.5, 0.6) is 0 Å². The largest absolute Gasteiger partial charge is 2.00 e. The molecule has 40 valence electrons. The molecule has 0 saturated heterocycles. The SMILES string of the molecule is O=S(=O)([O-])O.[K+].[S-2]. The zero-order valence-corrected chi connectivity index (χ0v) is 8.24. The van der Waals surface area contributed by atoms with Crippen LogP contribution in [-0.2, 0) is 23.9 Å². The van der Waals surface area contributed by atoms with E-state index in [1.165, 1.54) is 0 Å². The van der Waals surface area contributed by atoms with Crippen molar-refractivity contribution in [1.29, 1.82) is 0 Å². The molecular weight excluding hydrogens is 167 g/mol. The smallest absolute Gasteiger partial charge is 1.00 e. The Morgan fingerprint density at radius 2 is 1.43 bits per heavy atom. The minimum Gasteiger partial charge on any atom is -2.00 e. The molecule has 0 radical (unpaired) electrons. The Labute approximate surface area is 91.1 Å². The molecule has 4 nitrogen and oxygen atoms in total. The fourth-order valence-corrected chi connectivity index (χ4v) is 0. The first-order chi connectivity index (χ1) is 2.00. The molecule has 0 fully saturated rings. The third kappa shape index (κ3) is 78.2. The average Bonchev–Trinajstić information content (AvgIpc) is 0.722. The maximum atomic E-state index is 8.63. The zero-order valence-electron chi connectivity index (χ0n) is 3.49.